The van der Waals surface area contributed by atoms with Crippen LogP contribution in [0.5, 0.6) is 0 Å². The molecule has 102 valence electrons. The van der Waals surface area contributed by atoms with Gasteiger partial charge < -0.3 is 20.4 Å². The van der Waals surface area contributed by atoms with Crippen molar-refractivity contribution in [3.05, 3.63) is 24.3 Å². The van der Waals surface area contributed by atoms with E-state index < -0.39 is 0 Å². The van der Waals surface area contributed by atoms with E-state index in [1.807, 2.05) is 29.2 Å². The maximum absolute atomic E-state index is 11.7. The lowest BCUT2D eigenvalue weighted by Gasteiger charge is -2.31. The van der Waals surface area contributed by atoms with Gasteiger partial charge in [0.1, 0.15) is 6.54 Å². The number of amides is 1. The number of hydrogen-bond acceptors (Lipinski definition) is 2. The van der Waals surface area contributed by atoms with Crippen molar-refractivity contribution in [1.29, 1.82) is 0 Å². The zero-order chi connectivity index (χ0) is 13.8. The van der Waals surface area contributed by atoms with Crippen molar-refractivity contribution >= 4 is 34.6 Å². The highest BCUT2D eigenvalue weighted by Gasteiger charge is 2.24. The molecule has 1 aromatic rings. The summed E-state index contributed by atoms with van der Waals surface area (Å²) in [5.74, 6) is -0.0407. The molecule has 1 aliphatic rings. The zero-order valence-electron chi connectivity index (χ0n) is 11.2. The second kappa shape index (κ2) is 5.99. The molecule has 1 heterocycles. The molecule has 0 spiro atoms. The average Bonchev–Trinajstić information content (AvgIpc) is 2.37. The van der Waals surface area contributed by atoms with Crippen LogP contribution in [0.25, 0.3) is 0 Å². The summed E-state index contributed by atoms with van der Waals surface area (Å²) in [6.07, 6.45) is 0. The first-order valence-corrected chi connectivity index (χ1v) is 6.72. The maximum Gasteiger partial charge on any atom is 0.244 e. The van der Waals surface area contributed by atoms with E-state index in [2.05, 4.69) is 24.7 Å². The Morgan fingerprint density at radius 2 is 2.21 bits per heavy atom. The van der Waals surface area contributed by atoms with Crippen molar-refractivity contribution in [2.45, 2.75) is 0 Å². The van der Waals surface area contributed by atoms with E-state index in [-0.39, 0.29) is 12.5 Å². The number of likely N-dealkylation sites (N-methyl/N-ethyl adjacent to an activating group) is 1. The minimum atomic E-state index is -0.0407. The number of nitrogens with zero attached hydrogens (tertiary/aromatic N) is 1. The Morgan fingerprint density at radius 1 is 1.47 bits per heavy atom. The molecule has 0 saturated heterocycles. The highest BCUT2D eigenvalue weighted by molar-refractivity contribution is 7.80. The van der Waals surface area contributed by atoms with E-state index in [1.165, 1.54) is 4.90 Å². The molecule has 0 fully saturated rings. The van der Waals surface area contributed by atoms with Gasteiger partial charge in [-0.3, -0.25) is 4.79 Å². The van der Waals surface area contributed by atoms with E-state index in [0.717, 1.165) is 24.5 Å². The Labute approximate surface area is 118 Å². The molecule has 6 heteroatoms. The van der Waals surface area contributed by atoms with Gasteiger partial charge in [-0.15, -0.1) is 0 Å². The molecule has 0 aliphatic carbocycles. The third kappa shape index (κ3) is 3.42. The van der Waals surface area contributed by atoms with Crippen LogP contribution in [0.3, 0.4) is 0 Å². The number of carbonyl (C=O) groups is 1. The van der Waals surface area contributed by atoms with E-state index in [9.17, 15) is 4.79 Å². The molecule has 0 aromatic heterocycles. The Hall–Kier alpha value is -1.66. The zero-order valence-corrected chi connectivity index (χ0v) is 12.0. The van der Waals surface area contributed by atoms with Crippen molar-refractivity contribution < 1.29 is 9.69 Å². The van der Waals surface area contributed by atoms with E-state index in [0.29, 0.717) is 5.11 Å². The molecule has 2 rings (SSSR count). The molecule has 1 aromatic carbocycles. The van der Waals surface area contributed by atoms with Crippen LogP contribution in [0.4, 0.5) is 11.4 Å². The second-order valence-electron chi connectivity index (χ2n) is 4.84. The number of para-hydroxylation sites is 2. The van der Waals surface area contributed by atoms with Crippen molar-refractivity contribution in [3.8, 4) is 0 Å². The molecule has 0 saturated carbocycles. The van der Waals surface area contributed by atoms with Crippen molar-refractivity contribution in [3.63, 3.8) is 0 Å². The van der Waals surface area contributed by atoms with Gasteiger partial charge >= 0.3 is 0 Å². The molecular weight excluding hydrogens is 260 g/mol. The van der Waals surface area contributed by atoms with Crippen molar-refractivity contribution in [2.75, 3.05) is 43.9 Å². The molecular formula is C13H19N4OS+. The van der Waals surface area contributed by atoms with Crippen LogP contribution in [-0.4, -0.2) is 44.7 Å². The molecule has 0 bridgehead atoms. The van der Waals surface area contributed by atoms with Gasteiger partial charge in [-0.25, -0.2) is 0 Å². The number of benzene rings is 1. The largest absolute Gasteiger partial charge is 0.357 e. The quantitative estimate of drug-likeness (QED) is 0.651. The molecule has 0 atom stereocenters. The van der Waals surface area contributed by atoms with E-state index >= 15 is 0 Å². The van der Waals surface area contributed by atoms with Crippen LogP contribution in [-0.2, 0) is 4.79 Å². The Bertz CT molecular complexity index is 489. The number of hydrogen-bond donors (Lipinski definition) is 3. The van der Waals surface area contributed by atoms with Crippen LogP contribution >= 0.6 is 12.2 Å². The summed E-state index contributed by atoms with van der Waals surface area (Å²) < 4.78 is 0. The lowest BCUT2D eigenvalue weighted by Crippen LogP contribution is -3.06. The third-order valence-electron chi connectivity index (χ3n) is 2.92. The summed E-state index contributed by atoms with van der Waals surface area (Å²) in [7, 11) is 4.18. The first-order valence-electron chi connectivity index (χ1n) is 6.31. The first kappa shape index (κ1) is 13.8. The Morgan fingerprint density at radius 3 is 2.95 bits per heavy atom. The molecule has 19 heavy (non-hydrogen) atoms. The highest BCUT2D eigenvalue weighted by Crippen LogP contribution is 2.28. The summed E-state index contributed by atoms with van der Waals surface area (Å²) in [4.78, 5) is 14.9. The average molecular weight is 279 g/mol. The second-order valence-corrected chi connectivity index (χ2v) is 5.23. The standard InChI is InChI=1S/C13H18N4OS/c1-16(2)8-7-14-13(19)17-9-12(18)15-10-5-3-4-6-11(10)17/h3-6H,7-9H2,1-2H3,(H,14,19)(H,15,18)/p+1. The smallest absolute Gasteiger partial charge is 0.244 e. The van der Waals surface area contributed by atoms with Crippen molar-refractivity contribution in [2.24, 2.45) is 0 Å². The molecule has 0 unspecified atom stereocenters. The van der Waals surface area contributed by atoms with Gasteiger partial charge in [0.2, 0.25) is 5.91 Å². The van der Waals surface area contributed by atoms with Crippen molar-refractivity contribution in [1.82, 2.24) is 5.32 Å². The topological polar surface area (TPSA) is 48.8 Å². The fraction of sp³-hybridized carbons (Fsp3) is 0.385. The lowest BCUT2D eigenvalue weighted by atomic mass is 10.2. The molecule has 0 radical (unpaired) electrons. The van der Waals surface area contributed by atoms with E-state index in [4.69, 9.17) is 12.2 Å². The van der Waals surface area contributed by atoms with Crippen LogP contribution in [0, 0.1) is 0 Å². The monoisotopic (exact) mass is 279 g/mol. The fourth-order valence-corrected chi connectivity index (χ4v) is 2.19. The minimum Gasteiger partial charge on any atom is -0.357 e. The maximum atomic E-state index is 11.7. The number of thiocarbonyl (C=S) groups is 1. The molecule has 1 amide bonds. The molecule has 5 nitrogen and oxygen atoms in total. The highest BCUT2D eigenvalue weighted by atomic mass is 32.1. The summed E-state index contributed by atoms with van der Waals surface area (Å²) in [6.45, 7) is 2.03. The van der Waals surface area contributed by atoms with Crippen LogP contribution < -0.4 is 20.4 Å². The normalized spacial score (nSPS) is 14.1. The molecule has 1 aliphatic heterocycles. The lowest BCUT2D eigenvalue weighted by molar-refractivity contribution is -0.856. The van der Waals surface area contributed by atoms with E-state index in [1.54, 1.807) is 0 Å². The number of rotatable bonds is 3. The summed E-state index contributed by atoms with van der Waals surface area (Å²) in [5.41, 5.74) is 1.75. The number of fused-ring (bicyclic) bond motifs is 1. The fourth-order valence-electron chi connectivity index (χ4n) is 1.93. The van der Waals surface area contributed by atoms with Crippen LogP contribution in [0.2, 0.25) is 0 Å². The van der Waals surface area contributed by atoms with Gasteiger partial charge in [0.05, 0.1) is 38.6 Å². The first-order chi connectivity index (χ1) is 9.08. The number of quaternary nitrogens is 1. The molecule has 3 N–H and O–H groups in total. The van der Waals surface area contributed by atoms with Gasteiger partial charge in [-0.1, -0.05) is 12.1 Å². The van der Waals surface area contributed by atoms with Gasteiger partial charge in [0.15, 0.2) is 5.11 Å². The number of carbonyl (C=O) groups excluding carboxylic acids is 1. The summed E-state index contributed by atoms with van der Waals surface area (Å²) in [6, 6.07) is 7.68. The SMILES string of the molecule is C[NH+](C)CCNC(=S)N1CC(=O)Nc2ccccc21. The number of nitrogens with one attached hydrogen (secondary N) is 3. The van der Waals surface area contributed by atoms with Gasteiger partial charge in [0, 0.05) is 0 Å². The Balaban J connectivity index is 2.07. The summed E-state index contributed by atoms with van der Waals surface area (Å²) >= 11 is 5.38. The predicted molar refractivity (Wildman–Crippen MR) is 80.7 cm³/mol. The Kier molecular flexibility index (Phi) is 4.34. The van der Waals surface area contributed by atoms with Gasteiger partial charge in [0.25, 0.3) is 0 Å². The van der Waals surface area contributed by atoms with Crippen LogP contribution in [0.15, 0.2) is 24.3 Å². The van der Waals surface area contributed by atoms with Crippen LogP contribution in [0.1, 0.15) is 0 Å². The number of anilines is 2. The summed E-state index contributed by atoms with van der Waals surface area (Å²) in [5, 5.41) is 6.65. The third-order valence-corrected chi connectivity index (χ3v) is 3.28. The minimum absolute atomic E-state index is 0.0407. The van der Waals surface area contributed by atoms with Gasteiger partial charge in [-0.05, 0) is 24.4 Å². The predicted octanol–water partition coefficient (Wildman–Crippen LogP) is -0.536. The van der Waals surface area contributed by atoms with Gasteiger partial charge in [-0.2, -0.15) is 0 Å².